The lowest BCUT2D eigenvalue weighted by Crippen LogP contribution is -2.30. The van der Waals surface area contributed by atoms with E-state index in [1.165, 1.54) is 218 Å². The number of carbonyl (C=O) groups excluding carboxylic acids is 3. The summed E-state index contributed by atoms with van der Waals surface area (Å²) >= 11 is 0. The zero-order valence-electron chi connectivity index (χ0n) is 46.2. The van der Waals surface area contributed by atoms with Crippen LogP contribution in [0.25, 0.3) is 0 Å². The van der Waals surface area contributed by atoms with Crippen molar-refractivity contribution in [3.05, 3.63) is 0 Å². The molecule has 3 atom stereocenters. The molecule has 6 heteroatoms. The first-order valence-electron chi connectivity index (χ1n) is 30.2. The zero-order valence-corrected chi connectivity index (χ0v) is 46.2. The normalized spacial score (nSPS) is 12.9. The van der Waals surface area contributed by atoms with Crippen LogP contribution in [0, 0.1) is 17.8 Å². The highest BCUT2D eigenvalue weighted by atomic mass is 16.6. The van der Waals surface area contributed by atoms with Crippen molar-refractivity contribution in [1.29, 1.82) is 0 Å². The van der Waals surface area contributed by atoms with Gasteiger partial charge in [-0.15, -0.1) is 0 Å². The Morgan fingerprint density at radius 1 is 0.299 bits per heavy atom. The van der Waals surface area contributed by atoms with Crippen LogP contribution in [-0.2, 0) is 28.6 Å². The van der Waals surface area contributed by atoms with E-state index in [4.69, 9.17) is 14.2 Å². The molecule has 0 aliphatic heterocycles. The molecule has 0 rings (SSSR count). The molecule has 0 N–H and O–H groups in total. The highest BCUT2D eigenvalue weighted by molar-refractivity contribution is 5.71. The van der Waals surface area contributed by atoms with Crippen LogP contribution in [0.2, 0.25) is 0 Å². The number of carbonyl (C=O) groups is 3. The summed E-state index contributed by atoms with van der Waals surface area (Å²) in [6.07, 6.45) is 55.1. The van der Waals surface area contributed by atoms with Crippen molar-refractivity contribution in [3.63, 3.8) is 0 Å². The Hall–Kier alpha value is -1.59. The summed E-state index contributed by atoms with van der Waals surface area (Å²) < 4.78 is 16.9. The molecule has 0 radical (unpaired) electrons. The Balaban J connectivity index is 4.30. The van der Waals surface area contributed by atoms with E-state index in [1.807, 2.05) is 0 Å². The minimum atomic E-state index is -0.764. The molecule has 0 saturated heterocycles. The van der Waals surface area contributed by atoms with Crippen molar-refractivity contribution in [2.75, 3.05) is 13.2 Å². The second kappa shape index (κ2) is 52.2. The Bertz CT molecular complexity index is 1040. The molecule has 0 aliphatic carbocycles. The molecule has 2 unspecified atom stereocenters. The monoisotopic (exact) mass is 947 g/mol. The minimum Gasteiger partial charge on any atom is -0.462 e. The molecule has 0 heterocycles. The van der Waals surface area contributed by atoms with Gasteiger partial charge < -0.3 is 14.2 Å². The maximum atomic E-state index is 12.9. The van der Waals surface area contributed by atoms with Gasteiger partial charge in [-0.1, -0.05) is 298 Å². The van der Waals surface area contributed by atoms with Crippen molar-refractivity contribution in [1.82, 2.24) is 0 Å². The number of hydrogen-bond donors (Lipinski definition) is 0. The van der Waals surface area contributed by atoms with Crippen molar-refractivity contribution in [2.45, 2.75) is 343 Å². The SMILES string of the molecule is CCC(C)CCCCCCCCCCCCCCCCC(=O)OC[C@H](COC(=O)CCCCCCCCCCCCCCCCC(C)C)OC(=O)CCCCCCCCCCCCC(C)CC. The highest BCUT2D eigenvalue weighted by Crippen LogP contribution is 2.19. The second-order valence-electron chi connectivity index (χ2n) is 21.9. The van der Waals surface area contributed by atoms with Gasteiger partial charge in [0.25, 0.3) is 0 Å². The van der Waals surface area contributed by atoms with Gasteiger partial charge in [0.15, 0.2) is 6.10 Å². The maximum absolute atomic E-state index is 12.9. The molecule has 0 aromatic rings. The number of unbranched alkanes of at least 4 members (excludes halogenated alkanes) is 35. The van der Waals surface area contributed by atoms with Gasteiger partial charge in [-0.2, -0.15) is 0 Å². The van der Waals surface area contributed by atoms with Gasteiger partial charge >= 0.3 is 17.9 Å². The fourth-order valence-electron chi connectivity index (χ4n) is 9.29. The summed E-state index contributed by atoms with van der Waals surface area (Å²) in [7, 11) is 0. The molecule has 0 amide bonds. The Labute approximate surface area is 418 Å². The standard InChI is InChI=1S/C61H118O6/c1-7-56(5)48-42-36-30-24-18-14-10-12-16-20-27-33-39-45-51-60(63)66-54-58(67-61(64)52-46-40-34-28-22-21-25-31-37-43-49-57(6)8-2)53-65-59(62)50-44-38-32-26-19-15-11-9-13-17-23-29-35-41-47-55(3)4/h55-58H,7-54H2,1-6H3/t56?,57?,58-/m0/s1. The molecule has 0 saturated carbocycles. The van der Waals surface area contributed by atoms with Crippen LogP contribution in [0.5, 0.6) is 0 Å². The van der Waals surface area contributed by atoms with Crippen molar-refractivity contribution in [2.24, 2.45) is 17.8 Å². The van der Waals surface area contributed by atoms with E-state index < -0.39 is 6.10 Å². The molecule has 67 heavy (non-hydrogen) atoms. The van der Waals surface area contributed by atoms with Crippen LogP contribution in [0.4, 0.5) is 0 Å². The lowest BCUT2D eigenvalue weighted by molar-refractivity contribution is -0.167. The predicted molar refractivity (Wildman–Crippen MR) is 289 cm³/mol. The van der Waals surface area contributed by atoms with Crippen LogP contribution in [-0.4, -0.2) is 37.2 Å². The van der Waals surface area contributed by atoms with E-state index in [1.54, 1.807) is 0 Å². The van der Waals surface area contributed by atoms with E-state index >= 15 is 0 Å². The lowest BCUT2D eigenvalue weighted by atomic mass is 9.99. The molecule has 0 aromatic heterocycles. The largest absolute Gasteiger partial charge is 0.462 e. The van der Waals surface area contributed by atoms with Gasteiger partial charge in [0.05, 0.1) is 0 Å². The molecular weight excluding hydrogens is 829 g/mol. The van der Waals surface area contributed by atoms with Gasteiger partial charge in [-0.25, -0.2) is 0 Å². The quantitative estimate of drug-likeness (QED) is 0.0343. The van der Waals surface area contributed by atoms with E-state index in [9.17, 15) is 14.4 Å². The highest BCUT2D eigenvalue weighted by Gasteiger charge is 2.19. The average Bonchev–Trinajstić information content (AvgIpc) is 3.31. The molecule has 0 fully saturated rings. The van der Waals surface area contributed by atoms with Gasteiger partial charge in [-0.05, 0) is 37.0 Å². The summed E-state index contributed by atoms with van der Waals surface area (Å²) in [5.74, 6) is 1.77. The zero-order chi connectivity index (χ0) is 49.1. The summed E-state index contributed by atoms with van der Waals surface area (Å²) in [5, 5.41) is 0. The third-order valence-electron chi connectivity index (χ3n) is 14.6. The van der Waals surface area contributed by atoms with Crippen molar-refractivity contribution < 1.29 is 28.6 Å². The Kier molecular flexibility index (Phi) is 51.0. The smallest absolute Gasteiger partial charge is 0.306 e. The van der Waals surface area contributed by atoms with E-state index in [0.29, 0.717) is 19.3 Å². The molecule has 398 valence electrons. The lowest BCUT2D eigenvalue weighted by Gasteiger charge is -2.18. The molecular formula is C61H118O6. The minimum absolute atomic E-state index is 0.0633. The van der Waals surface area contributed by atoms with Crippen LogP contribution in [0.1, 0.15) is 337 Å². The van der Waals surface area contributed by atoms with E-state index in [2.05, 4.69) is 41.5 Å². The third kappa shape index (κ3) is 52.1. The first-order chi connectivity index (χ1) is 32.7. The van der Waals surface area contributed by atoms with Gasteiger partial charge in [0, 0.05) is 19.3 Å². The topological polar surface area (TPSA) is 78.9 Å². The van der Waals surface area contributed by atoms with Crippen LogP contribution >= 0.6 is 0 Å². The summed E-state index contributed by atoms with van der Waals surface area (Å²) in [6.45, 7) is 13.8. The van der Waals surface area contributed by atoms with Gasteiger partial charge in [0.1, 0.15) is 13.2 Å². The van der Waals surface area contributed by atoms with Crippen molar-refractivity contribution >= 4 is 17.9 Å². The van der Waals surface area contributed by atoms with E-state index in [-0.39, 0.29) is 31.1 Å². The van der Waals surface area contributed by atoms with Crippen LogP contribution in [0.3, 0.4) is 0 Å². The van der Waals surface area contributed by atoms with Crippen LogP contribution in [0.15, 0.2) is 0 Å². The molecule has 6 nitrogen and oxygen atoms in total. The van der Waals surface area contributed by atoms with Gasteiger partial charge in [-0.3, -0.25) is 14.4 Å². The molecule has 0 aliphatic rings. The van der Waals surface area contributed by atoms with Crippen LogP contribution < -0.4 is 0 Å². The first-order valence-corrected chi connectivity index (χ1v) is 30.2. The second-order valence-corrected chi connectivity index (χ2v) is 21.9. The predicted octanol–water partition coefficient (Wildman–Crippen LogP) is 19.9. The fraction of sp³-hybridized carbons (Fsp3) is 0.951. The van der Waals surface area contributed by atoms with E-state index in [0.717, 1.165) is 75.5 Å². The maximum Gasteiger partial charge on any atom is 0.306 e. The third-order valence-corrected chi connectivity index (χ3v) is 14.6. The summed E-state index contributed by atoms with van der Waals surface area (Å²) in [6, 6.07) is 0. The number of esters is 3. The Morgan fingerprint density at radius 2 is 0.522 bits per heavy atom. The summed E-state index contributed by atoms with van der Waals surface area (Å²) in [4.78, 5) is 38.2. The summed E-state index contributed by atoms with van der Waals surface area (Å²) in [5.41, 5.74) is 0. The number of ether oxygens (including phenoxy) is 3. The molecule has 0 spiro atoms. The van der Waals surface area contributed by atoms with Crippen molar-refractivity contribution in [3.8, 4) is 0 Å². The number of hydrogen-bond acceptors (Lipinski definition) is 6. The average molecular weight is 948 g/mol. The Morgan fingerprint density at radius 3 is 0.776 bits per heavy atom. The van der Waals surface area contributed by atoms with Gasteiger partial charge in [0.2, 0.25) is 0 Å². The fourth-order valence-corrected chi connectivity index (χ4v) is 9.29. The number of rotatable bonds is 54. The first kappa shape index (κ1) is 65.4. The molecule has 0 bridgehead atoms. The molecule has 0 aromatic carbocycles.